The second-order valence-electron chi connectivity index (χ2n) is 5.61. The van der Waals surface area contributed by atoms with Crippen molar-refractivity contribution in [3.8, 4) is 0 Å². The predicted molar refractivity (Wildman–Crippen MR) is 77.9 cm³/mol. The van der Waals surface area contributed by atoms with Crippen LogP contribution in [-0.4, -0.2) is 33.7 Å². The van der Waals surface area contributed by atoms with Crippen molar-refractivity contribution < 1.29 is 5.11 Å². The number of aliphatic hydroxyl groups excluding tert-OH is 1. The molecule has 1 aliphatic carbocycles. The van der Waals surface area contributed by atoms with Crippen LogP contribution in [-0.2, 0) is 6.54 Å². The molecule has 0 aliphatic heterocycles. The molecule has 2 atom stereocenters. The summed E-state index contributed by atoms with van der Waals surface area (Å²) in [5, 5.41) is 10.3. The Kier molecular flexibility index (Phi) is 5.34. The minimum atomic E-state index is -0.174. The smallest absolute Gasteiger partial charge is 0.0695 e. The van der Waals surface area contributed by atoms with Crippen molar-refractivity contribution in [2.24, 2.45) is 0 Å². The highest BCUT2D eigenvalue weighted by Gasteiger charge is 2.26. The molecule has 19 heavy (non-hydrogen) atoms. The van der Waals surface area contributed by atoms with E-state index < -0.39 is 0 Å². The van der Waals surface area contributed by atoms with Gasteiger partial charge in [-0.3, -0.25) is 9.88 Å². The van der Waals surface area contributed by atoms with E-state index in [1.165, 1.54) is 12.8 Å². The Labute approximate surface area is 116 Å². The summed E-state index contributed by atoms with van der Waals surface area (Å²) < 4.78 is 0. The van der Waals surface area contributed by atoms with Crippen molar-refractivity contribution in [3.63, 3.8) is 0 Å². The van der Waals surface area contributed by atoms with Crippen LogP contribution in [0.15, 0.2) is 18.2 Å². The summed E-state index contributed by atoms with van der Waals surface area (Å²) in [5.74, 6) is 0. The van der Waals surface area contributed by atoms with Gasteiger partial charge in [0.05, 0.1) is 11.8 Å². The Balaban J connectivity index is 2.06. The molecule has 1 heterocycles. The third-order valence-corrected chi connectivity index (χ3v) is 4.13. The molecule has 2 rings (SSSR count). The van der Waals surface area contributed by atoms with Gasteiger partial charge in [-0.1, -0.05) is 32.3 Å². The molecule has 1 N–H and O–H groups in total. The highest BCUT2D eigenvalue weighted by Crippen LogP contribution is 2.23. The largest absolute Gasteiger partial charge is 0.391 e. The van der Waals surface area contributed by atoms with E-state index in [9.17, 15) is 5.11 Å². The third kappa shape index (κ3) is 4.02. The van der Waals surface area contributed by atoms with Gasteiger partial charge in [-0.25, -0.2) is 0 Å². The van der Waals surface area contributed by atoms with Gasteiger partial charge in [-0.2, -0.15) is 0 Å². The summed E-state index contributed by atoms with van der Waals surface area (Å²) in [6, 6.07) is 6.48. The third-order valence-electron chi connectivity index (χ3n) is 4.13. The lowest BCUT2D eigenvalue weighted by atomic mass is 10.0. The zero-order chi connectivity index (χ0) is 13.7. The number of rotatable bonds is 4. The fourth-order valence-electron chi connectivity index (χ4n) is 3.05. The number of aryl methyl sites for hydroxylation is 1. The van der Waals surface area contributed by atoms with Gasteiger partial charge in [-0.15, -0.1) is 0 Å². The van der Waals surface area contributed by atoms with Crippen molar-refractivity contribution in [1.82, 2.24) is 9.88 Å². The van der Waals surface area contributed by atoms with Gasteiger partial charge in [0.15, 0.2) is 0 Å². The summed E-state index contributed by atoms with van der Waals surface area (Å²) in [7, 11) is 0. The van der Waals surface area contributed by atoms with Crippen LogP contribution in [0.3, 0.4) is 0 Å². The highest BCUT2D eigenvalue weighted by molar-refractivity contribution is 5.10. The SMILES string of the molecule is CCN(Cc1cccc(C)n1)C1CCCCCC1O. The molecule has 2 unspecified atom stereocenters. The molecule has 1 aliphatic rings. The Hall–Kier alpha value is -0.930. The normalized spacial score (nSPS) is 24.4. The first kappa shape index (κ1) is 14.5. The fraction of sp³-hybridized carbons (Fsp3) is 0.688. The number of likely N-dealkylation sites (N-methyl/N-ethyl adjacent to an activating group) is 1. The van der Waals surface area contributed by atoms with Gasteiger partial charge >= 0.3 is 0 Å². The Morgan fingerprint density at radius 3 is 2.79 bits per heavy atom. The average Bonchev–Trinajstić information content (AvgIpc) is 2.61. The van der Waals surface area contributed by atoms with Crippen LogP contribution in [0.4, 0.5) is 0 Å². The minimum Gasteiger partial charge on any atom is -0.391 e. The van der Waals surface area contributed by atoms with Gasteiger partial charge < -0.3 is 5.11 Å². The molecular weight excluding hydrogens is 236 g/mol. The van der Waals surface area contributed by atoms with Crippen molar-refractivity contribution in [2.45, 2.75) is 64.6 Å². The van der Waals surface area contributed by atoms with Crippen molar-refractivity contribution in [2.75, 3.05) is 6.54 Å². The summed E-state index contributed by atoms with van der Waals surface area (Å²) in [4.78, 5) is 6.97. The van der Waals surface area contributed by atoms with Crippen LogP contribution in [0.1, 0.15) is 50.4 Å². The minimum absolute atomic E-state index is 0.174. The second-order valence-corrected chi connectivity index (χ2v) is 5.61. The first-order valence-corrected chi connectivity index (χ1v) is 7.55. The lowest BCUT2D eigenvalue weighted by Crippen LogP contribution is -2.42. The molecule has 0 radical (unpaired) electrons. The first-order valence-electron chi connectivity index (χ1n) is 7.55. The van der Waals surface area contributed by atoms with E-state index in [0.717, 1.165) is 43.7 Å². The van der Waals surface area contributed by atoms with E-state index in [-0.39, 0.29) is 6.10 Å². The van der Waals surface area contributed by atoms with E-state index in [2.05, 4.69) is 28.9 Å². The maximum absolute atomic E-state index is 10.3. The fourth-order valence-corrected chi connectivity index (χ4v) is 3.05. The molecule has 1 fully saturated rings. The van der Waals surface area contributed by atoms with Crippen LogP contribution in [0.2, 0.25) is 0 Å². The Morgan fingerprint density at radius 2 is 2.05 bits per heavy atom. The lowest BCUT2D eigenvalue weighted by molar-refractivity contribution is 0.0418. The predicted octanol–water partition coefficient (Wildman–Crippen LogP) is 2.91. The van der Waals surface area contributed by atoms with E-state index in [4.69, 9.17) is 0 Å². The Bertz CT molecular complexity index is 394. The summed E-state index contributed by atoms with van der Waals surface area (Å²) in [5.41, 5.74) is 2.17. The molecule has 0 saturated heterocycles. The molecule has 1 saturated carbocycles. The molecule has 0 bridgehead atoms. The number of aromatic nitrogens is 1. The number of hydrogen-bond donors (Lipinski definition) is 1. The van der Waals surface area contributed by atoms with Gasteiger partial charge in [0.2, 0.25) is 0 Å². The number of pyridine rings is 1. The van der Waals surface area contributed by atoms with Crippen molar-refractivity contribution in [3.05, 3.63) is 29.6 Å². The number of aliphatic hydroxyl groups is 1. The topological polar surface area (TPSA) is 36.4 Å². The van der Waals surface area contributed by atoms with Crippen molar-refractivity contribution in [1.29, 1.82) is 0 Å². The highest BCUT2D eigenvalue weighted by atomic mass is 16.3. The molecule has 1 aromatic heterocycles. The Morgan fingerprint density at radius 1 is 1.26 bits per heavy atom. The standard InChI is InChI=1S/C16H26N2O/c1-3-18(12-14-9-7-8-13(2)17-14)15-10-5-4-6-11-16(15)19/h7-9,15-16,19H,3-6,10-12H2,1-2H3. The maximum atomic E-state index is 10.3. The quantitative estimate of drug-likeness (QED) is 0.848. The molecule has 0 spiro atoms. The maximum Gasteiger partial charge on any atom is 0.0695 e. The summed E-state index contributed by atoms with van der Waals surface area (Å²) in [6.07, 6.45) is 5.54. The van der Waals surface area contributed by atoms with Gasteiger partial charge in [0.1, 0.15) is 0 Å². The van der Waals surface area contributed by atoms with E-state index in [0.29, 0.717) is 6.04 Å². The zero-order valence-electron chi connectivity index (χ0n) is 12.2. The molecule has 3 heteroatoms. The number of hydrogen-bond acceptors (Lipinski definition) is 3. The first-order chi connectivity index (χ1) is 9.20. The monoisotopic (exact) mass is 262 g/mol. The van der Waals surface area contributed by atoms with E-state index in [1.54, 1.807) is 0 Å². The van der Waals surface area contributed by atoms with E-state index in [1.807, 2.05) is 13.0 Å². The van der Waals surface area contributed by atoms with Gasteiger partial charge in [-0.05, 0) is 38.4 Å². The van der Waals surface area contributed by atoms with E-state index >= 15 is 0 Å². The molecule has 106 valence electrons. The summed E-state index contributed by atoms with van der Waals surface area (Å²) in [6.45, 7) is 6.02. The van der Waals surface area contributed by atoms with Crippen LogP contribution in [0, 0.1) is 6.92 Å². The van der Waals surface area contributed by atoms with Gasteiger partial charge in [0, 0.05) is 18.3 Å². The van der Waals surface area contributed by atoms with Crippen LogP contribution >= 0.6 is 0 Å². The molecule has 0 aromatic carbocycles. The van der Waals surface area contributed by atoms with Gasteiger partial charge in [0.25, 0.3) is 0 Å². The molecule has 0 amide bonds. The zero-order valence-corrected chi connectivity index (χ0v) is 12.2. The second kappa shape index (κ2) is 7.01. The molecular formula is C16H26N2O. The van der Waals surface area contributed by atoms with Crippen molar-refractivity contribution >= 4 is 0 Å². The number of nitrogens with zero attached hydrogens (tertiary/aromatic N) is 2. The molecule has 1 aromatic rings. The van der Waals surface area contributed by atoms with Crippen LogP contribution < -0.4 is 0 Å². The van der Waals surface area contributed by atoms with Crippen LogP contribution in [0.5, 0.6) is 0 Å². The lowest BCUT2D eigenvalue weighted by Gasteiger charge is -2.33. The molecule has 3 nitrogen and oxygen atoms in total. The summed E-state index contributed by atoms with van der Waals surface area (Å²) >= 11 is 0. The average molecular weight is 262 g/mol. The van der Waals surface area contributed by atoms with Crippen LogP contribution in [0.25, 0.3) is 0 Å².